The van der Waals surface area contributed by atoms with E-state index in [1.165, 1.54) is 6.07 Å². The molecule has 1 aliphatic heterocycles. The molecule has 0 radical (unpaired) electrons. The Morgan fingerprint density at radius 2 is 1.80 bits per heavy atom. The fourth-order valence-electron chi connectivity index (χ4n) is 3.26. The Bertz CT molecular complexity index is 741. The number of likely N-dealkylation sites (tertiary alicyclic amines) is 1. The normalized spacial score (nSPS) is 20.9. The molecule has 0 saturated carbocycles. The van der Waals surface area contributed by atoms with E-state index in [-0.39, 0.29) is 30.3 Å². The Labute approximate surface area is 152 Å². The summed E-state index contributed by atoms with van der Waals surface area (Å²) in [5.74, 6) is -2.41. The smallest absolute Gasteiger partial charge is 0.229 e. The lowest BCUT2D eigenvalue weighted by Gasteiger charge is -2.21. The van der Waals surface area contributed by atoms with Crippen LogP contribution in [0.1, 0.15) is 29.9 Å². The monoisotopic (exact) mass is 366 g/mol. The van der Waals surface area contributed by atoms with Crippen LogP contribution in [0, 0.1) is 11.6 Å². The van der Waals surface area contributed by atoms with Gasteiger partial charge in [-0.05, 0) is 30.2 Å². The summed E-state index contributed by atoms with van der Waals surface area (Å²) >= 11 is 0. The standard InChI is InChI=1S/C19H20F2N2O.ClH/c1-12(14-7-8-16(20)17(21)9-14)19(24)23-10-15(18(22)11-23)13-5-3-2-4-6-13;/h2-9,12,15,18H,10-11,22H2,1H3;1H/t12?,15-,18+;/m0./s1. The first-order chi connectivity index (χ1) is 11.5. The summed E-state index contributed by atoms with van der Waals surface area (Å²) in [5, 5.41) is 0. The van der Waals surface area contributed by atoms with E-state index in [1.807, 2.05) is 30.3 Å². The third-order valence-electron chi connectivity index (χ3n) is 4.72. The van der Waals surface area contributed by atoms with Gasteiger partial charge in [0.1, 0.15) is 0 Å². The molecule has 3 rings (SSSR count). The summed E-state index contributed by atoms with van der Waals surface area (Å²) in [4.78, 5) is 14.4. The molecule has 3 atom stereocenters. The van der Waals surface area contributed by atoms with Gasteiger partial charge in [0, 0.05) is 25.0 Å². The topological polar surface area (TPSA) is 46.3 Å². The minimum absolute atomic E-state index is 0. The minimum atomic E-state index is -0.938. The average Bonchev–Trinajstić information content (AvgIpc) is 2.98. The van der Waals surface area contributed by atoms with Crippen LogP contribution in [-0.2, 0) is 4.79 Å². The van der Waals surface area contributed by atoms with E-state index in [2.05, 4.69) is 0 Å². The van der Waals surface area contributed by atoms with E-state index in [0.29, 0.717) is 18.7 Å². The van der Waals surface area contributed by atoms with Crippen molar-refractivity contribution in [2.75, 3.05) is 13.1 Å². The highest BCUT2D eigenvalue weighted by atomic mass is 35.5. The lowest BCUT2D eigenvalue weighted by atomic mass is 9.95. The molecule has 25 heavy (non-hydrogen) atoms. The summed E-state index contributed by atoms with van der Waals surface area (Å²) in [5.41, 5.74) is 7.80. The van der Waals surface area contributed by atoms with Crippen LogP contribution >= 0.6 is 12.4 Å². The summed E-state index contributed by atoms with van der Waals surface area (Å²) < 4.78 is 26.5. The number of benzene rings is 2. The molecular formula is C19H21ClF2N2O. The molecule has 1 amide bonds. The molecule has 1 aliphatic rings. The quantitative estimate of drug-likeness (QED) is 0.904. The number of halogens is 3. The van der Waals surface area contributed by atoms with Gasteiger partial charge in [-0.25, -0.2) is 8.78 Å². The lowest BCUT2D eigenvalue weighted by Crippen LogP contribution is -2.34. The molecule has 3 nitrogen and oxygen atoms in total. The second kappa shape index (κ2) is 7.93. The summed E-state index contributed by atoms with van der Waals surface area (Å²) in [6.07, 6.45) is 0. The fraction of sp³-hybridized carbons (Fsp3) is 0.316. The number of carbonyl (C=O) groups is 1. The van der Waals surface area contributed by atoms with Crippen molar-refractivity contribution >= 4 is 18.3 Å². The van der Waals surface area contributed by atoms with Gasteiger partial charge in [0.25, 0.3) is 0 Å². The Morgan fingerprint density at radius 3 is 2.44 bits per heavy atom. The molecular weight excluding hydrogens is 346 g/mol. The molecule has 1 unspecified atom stereocenters. The third-order valence-corrected chi connectivity index (χ3v) is 4.72. The van der Waals surface area contributed by atoms with Crippen molar-refractivity contribution in [3.8, 4) is 0 Å². The highest BCUT2D eigenvalue weighted by Gasteiger charge is 2.35. The number of carbonyl (C=O) groups excluding carboxylic acids is 1. The van der Waals surface area contributed by atoms with Gasteiger partial charge in [0.05, 0.1) is 5.92 Å². The first kappa shape index (κ1) is 19.3. The van der Waals surface area contributed by atoms with E-state index in [9.17, 15) is 13.6 Å². The second-order valence-electron chi connectivity index (χ2n) is 6.32. The first-order valence-corrected chi connectivity index (χ1v) is 8.01. The Kier molecular flexibility index (Phi) is 6.14. The molecule has 0 aliphatic carbocycles. The van der Waals surface area contributed by atoms with Gasteiger partial charge >= 0.3 is 0 Å². The number of nitrogens with zero attached hydrogens (tertiary/aromatic N) is 1. The maximum absolute atomic E-state index is 13.4. The molecule has 1 fully saturated rings. The van der Waals surface area contributed by atoms with Crippen molar-refractivity contribution < 1.29 is 13.6 Å². The summed E-state index contributed by atoms with van der Waals surface area (Å²) in [6.45, 7) is 2.71. The lowest BCUT2D eigenvalue weighted by molar-refractivity contribution is -0.131. The van der Waals surface area contributed by atoms with E-state index in [4.69, 9.17) is 5.73 Å². The Hall–Kier alpha value is -1.98. The van der Waals surface area contributed by atoms with Crippen molar-refractivity contribution in [1.29, 1.82) is 0 Å². The molecule has 1 heterocycles. The van der Waals surface area contributed by atoms with Crippen LogP contribution in [0.25, 0.3) is 0 Å². The van der Waals surface area contributed by atoms with Crippen LogP contribution in [0.3, 0.4) is 0 Å². The highest BCUT2D eigenvalue weighted by Crippen LogP contribution is 2.29. The van der Waals surface area contributed by atoms with Crippen LogP contribution in [-0.4, -0.2) is 29.9 Å². The average molecular weight is 367 g/mol. The van der Waals surface area contributed by atoms with Crippen molar-refractivity contribution in [3.05, 3.63) is 71.3 Å². The van der Waals surface area contributed by atoms with Crippen molar-refractivity contribution in [3.63, 3.8) is 0 Å². The number of rotatable bonds is 3. The molecule has 2 aromatic rings. The van der Waals surface area contributed by atoms with E-state index in [1.54, 1.807) is 11.8 Å². The zero-order valence-electron chi connectivity index (χ0n) is 13.9. The van der Waals surface area contributed by atoms with Crippen molar-refractivity contribution in [2.24, 2.45) is 5.73 Å². The van der Waals surface area contributed by atoms with Gasteiger partial charge < -0.3 is 10.6 Å². The maximum Gasteiger partial charge on any atom is 0.229 e. The number of hydrogen-bond acceptors (Lipinski definition) is 2. The molecule has 0 aromatic heterocycles. The molecule has 6 heteroatoms. The van der Waals surface area contributed by atoms with Gasteiger partial charge in [0.2, 0.25) is 5.91 Å². The fourth-order valence-corrected chi connectivity index (χ4v) is 3.26. The van der Waals surface area contributed by atoms with Crippen LogP contribution < -0.4 is 5.73 Å². The predicted molar refractivity (Wildman–Crippen MR) is 95.8 cm³/mol. The van der Waals surface area contributed by atoms with Crippen LogP contribution in [0.2, 0.25) is 0 Å². The summed E-state index contributed by atoms with van der Waals surface area (Å²) in [7, 11) is 0. The van der Waals surface area contributed by atoms with Gasteiger partial charge in [0.15, 0.2) is 11.6 Å². The predicted octanol–water partition coefficient (Wildman–Crippen LogP) is 3.44. The zero-order chi connectivity index (χ0) is 17.3. The number of amides is 1. The van der Waals surface area contributed by atoms with Crippen LogP contribution in [0.15, 0.2) is 48.5 Å². The number of hydrogen-bond donors (Lipinski definition) is 1. The molecule has 0 bridgehead atoms. The van der Waals surface area contributed by atoms with Gasteiger partial charge in [-0.1, -0.05) is 36.4 Å². The highest BCUT2D eigenvalue weighted by molar-refractivity contribution is 5.85. The van der Waals surface area contributed by atoms with E-state index < -0.39 is 17.6 Å². The van der Waals surface area contributed by atoms with Gasteiger partial charge in [-0.2, -0.15) is 0 Å². The van der Waals surface area contributed by atoms with Crippen molar-refractivity contribution in [1.82, 2.24) is 4.90 Å². The zero-order valence-corrected chi connectivity index (χ0v) is 14.7. The van der Waals surface area contributed by atoms with Gasteiger partial charge in [-0.3, -0.25) is 4.79 Å². The van der Waals surface area contributed by atoms with Crippen molar-refractivity contribution in [2.45, 2.75) is 24.8 Å². The number of nitrogens with two attached hydrogens (primary N) is 1. The largest absolute Gasteiger partial charge is 0.340 e. The third kappa shape index (κ3) is 3.99. The molecule has 2 N–H and O–H groups in total. The van der Waals surface area contributed by atoms with Gasteiger partial charge in [-0.15, -0.1) is 12.4 Å². The first-order valence-electron chi connectivity index (χ1n) is 8.01. The van der Waals surface area contributed by atoms with E-state index >= 15 is 0 Å². The molecule has 134 valence electrons. The maximum atomic E-state index is 13.4. The van der Waals surface area contributed by atoms with E-state index in [0.717, 1.165) is 17.7 Å². The SMILES string of the molecule is CC(C(=O)N1C[C@@H](N)[C@H](c2ccccc2)C1)c1ccc(F)c(F)c1.Cl. The van der Waals surface area contributed by atoms with Crippen LogP contribution in [0.4, 0.5) is 8.78 Å². The second-order valence-corrected chi connectivity index (χ2v) is 6.32. The molecule has 1 saturated heterocycles. The molecule has 2 aromatic carbocycles. The van der Waals surface area contributed by atoms with Crippen LogP contribution in [0.5, 0.6) is 0 Å². The Balaban J connectivity index is 0.00000225. The minimum Gasteiger partial charge on any atom is -0.340 e. The molecule has 0 spiro atoms. The Morgan fingerprint density at radius 1 is 1.12 bits per heavy atom. The summed E-state index contributed by atoms with van der Waals surface area (Å²) in [6, 6.07) is 13.3.